The Labute approximate surface area is 244 Å². The minimum absolute atomic E-state index is 0.876. The van der Waals surface area contributed by atoms with Gasteiger partial charge in [0, 0.05) is 17.0 Å². The summed E-state index contributed by atoms with van der Waals surface area (Å²) in [4.78, 5) is 9.82. The zero-order valence-corrected chi connectivity index (χ0v) is 22.9. The van der Waals surface area contributed by atoms with Crippen LogP contribution in [0, 0.1) is 0 Å². The number of fused-ring (bicyclic) bond motifs is 4. The monoisotopic (exact) mass is 534 g/mol. The van der Waals surface area contributed by atoms with Gasteiger partial charge in [-0.05, 0) is 67.7 Å². The summed E-state index contributed by atoms with van der Waals surface area (Å²) in [5, 5.41) is 5.99. The first-order chi connectivity index (χ1) is 20.8. The number of hydrogen-bond acceptors (Lipinski definition) is 2. The molecule has 0 bridgehead atoms. The summed E-state index contributed by atoms with van der Waals surface area (Å²) >= 11 is 0. The molecule has 0 aliphatic heterocycles. The Balaban J connectivity index is 1.19. The minimum Gasteiger partial charge on any atom is -0.255 e. The number of aromatic nitrogens is 2. The first-order valence-electron chi connectivity index (χ1n) is 14.3. The SMILES string of the molecule is c1ccc(-c2ccc(-c3ccc(-c4ccnc(-c5nc6ccccc6c6ccccc56)c4)cc3)c3ccccc23)cc1. The fourth-order valence-corrected chi connectivity index (χ4v) is 6.10. The van der Waals surface area contributed by atoms with Crippen molar-refractivity contribution < 1.29 is 0 Å². The second kappa shape index (κ2) is 10.1. The van der Waals surface area contributed by atoms with E-state index in [1.165, 1.54) is 38.4 Å². The molecule has 0 aliphatic carbocycles. The van der Waals surface area contributed by atoms with E-state index in [0.717, 1.165) is 38.8 Å². The van der Waals surface area contributed by atoms with Gasteiger partial charge in [-0.2, -0.15) is 0 Å². The zero-order chi connectivity index (χ0) is 27.9. The number of rotatable bonds is 4. The molecule has 8 aromatic rings. The molecule has 0 saturated carbocycles. The predicted molar refractivity (Wildman–Crippen MR) is 176 cm³/mol. The van der Waals surface area contributed by atoms with Crippen LogP contribution in [0.3, 0.4) is 0 Å². The molecule has 0 aliphatic rings. The van der Waals surface area contributed by atoms with Gasteiger partial charge in [-0.3, -0.25) is 4.98 Å². The fraction of sp³-hybridized carbons (Fsp3) is 0. The summed E-state index contributed by atoms with van der Waals surface area (Å²) < 4.78 is 0. The topological polar surface area (TPSA) is 25.8 Å². The van der Waals surface area contributed by atoms with Gasteiger partial charge in [0.1, 0.15) is 0 Å². The first kappa shape index (κ1) is 24.2. The van der Waals surface area contributed by atoms with Gasteiger partial charge in [0.05, 0.1) is 16.9 Å². The molecule has 2 heterocycles. The largest absolute Gasteiger partial charge is 0.255 e. The average molecular weight is 535 g/mol. The molecular formula is C40H26N2. The maximum atomic E-state index is 5.06. The average Bonchev–Trinajstić information content (AvgIpc) is 3.08. The van der Waals surface area contributed by atoms with Crippen molar-refractivity contribution in [1.82, 2.24) is 9.97 Å². The lowest BCUT2D eigenvalue weighted by molar-refractivity contribution is 1.29. The standard InChI is InChI=1S/C40H26N2/c1-2-10-28(11-3-1)31-22-23-32(34-13-5-4-12-33(31)34)29-20-18-27(19-21-29)30-24-25-41-39(26-30)40-37-16-7-6-14-35(37)36-15-8-9-17-38(36)42-40/h1-26H. The van der Waals surface area contributed by atoms with Crippen LogP contribution in [0.5, 0.6) is 0 Å². The molecule has 0 unspecified atom stereocenters. The predicted octanol–water partition coefficient (Wildman–Crippen LogP) is 10.6. The fourth-order valence-electron chi connectivity index (χ4n) is 6.10. The van der Waals surface area contributed by atoms with E-state index in [9.17, 15) is 0 Å². The van der Waals surface area contributed by atoms with Crippen molar-refractivity contribution in [3.05, 3.63) is 158 Å². The summed E-state index contributed by atoms with van der Waals surface area (Å²) in [6.07, 6.45) is 1.89. The molecule has 42 heavy (non-hydrogen) atoms. The van der Waals surface area contributed by atoms with E-state index in [1.807, 2.05) is 12.3 Å². The lowest BCUT2D eigenvalue weighted by Crippen LogP contribution is -1.92. The van der Waals surface area contributed by atoms with Crippen LogP contribution in [0.15, 0.2) is 158 Å². The molecule has 2 heteroatoms. The molecule has 0 amide bonds. The molecule has 6 aromatic carbocycles. The molecule has 2 aromatic heterocycles. The van der Waals surface area contributed by atoms with Gasteiger partial charge >= 0.3 is 0 Å². The molecule has 0 fully saturated rings. The van der Waals surface area contributed by atoms with Gasteiger partial charge in [0.2, 0.25) is 0 Å². The Morgan fingerprint density at radius 3 is 1.62 bits per heavy atom. The number of para-hydroxylation sites is 1. The third-order valence-corrected chi connectivity index (χ3v) is 8.15. The quantitative estimate of drug-likeness (QED) is 0.210. The van der Waals surface area contributed by atoms with Gasteiger partial charge < -0.3 is 0 Å². The van der Waals surface area contributed by atoms with Crippen LogP contribution < -0.4 is 0 Å². The Kier molecular flexibility index (Phi) is 5.82. The summed E-state index contributed by atoms with van der Waals surface area (Å²) in [6.45, 7) is 0. The number of nitrogens with zero attached hydrogens (tertiary/aromatic N) is 2. The Morgan fingerprint density at radius 2 is 0.905 bits per heavy atom. The van der Waals surface area contributed by atoms with E-state index in [0.29, 0.717) is 0 Å². The Morgan fingerprint density at radius 1 is 0.357 bits per heavy atom. The molecule has 8 rings (SSSR count). The van der Waals surface area contributed by atoms with Crippen molar-refractivity contribution in [3.8, 4) is 44.8 Å². The van der Waals surface area contributed by atoms with Crippen LogP contribution >= 0.6 is 0 Å². The molecule has 0 spiro atoms. The van der Waals surface area contributed by atoms with Crippen LogP contribution in [0.2, 0.25) is 0 Å². The molecule has 2 nitrogen and oxygen atoms in total. The summed E-state index contributed by atoms with van der Waals surface area (Å²) in [5.41, 5.74) is 9.96. The van der Waals surface area contributed by atoms with Gasteiger partial charge in [0.25, 0.3) is 0 Å². The summed E-state index contributed by atoms with van der Waals surface area (Å²) in [7, 11) is 0. The van der Waals surface area contributed by atoms with Crippen molar-refractivity contribution >= 4 is 32.4 Å². The van der Waals surface area contributed by atoms with Crippen LogP contribution in [-0.4, -0.2) is 9.97 Å². The lowest BCUT2D eigenvalue weighted by Gasteiger charge is -2.13. The summed E-state index contributed by atoms with van der Waals surface area (Å²) in [6, 6.07) is 53.7. The van der Waals surface area contributed by atoms with E-state index in [-0.39, 0.29) is 0 Å². The first-order valence-corrected chi connectivity index (χ1v) is 14.3. The second-order valence-corrected chi connectivity index (χ2v) is 10.6. The van der Waals surface area contributed by atoms with E-state index < -0.39 is 0 Å². The van der Waals surface area contributed by atoms with Crippen molar-refractivity contribution in [3.63, 3.8) is 0 Å². The minimum atomic E-state index is 0.876. The van der Waals surface area contributed by atoms with Crippen LogP contribution in [0.4, 0.5) is 0 Å². The van der Waals surface area contributed by atoms with Crippen LogP contribution in [0.25, 0.3) is 77.2 Å². The third kappa shape index (κ3) is 4.13. The molecular weight excluding hydrogens is 508 g/mol. The third-order valence-electron chi connectivity index (χ3n) is 8.15. The normalized spacial score (nSPS) is 11.3. The van der Waals surface area contributed by atoms with Crippen molar-refractivity contribution in [2.24, 2.45) is 0 Å². The molecule has 196 valence electrons. The van der Waals surface area contributed by atoms with E-state index in [2.05, 4.69) is 146 Å². The molecule has 0 radical (unpaired) electrons. The van der Waals surface area contributed by atoms with Crippen molar-refractivity contribution in [2.45, 2.75) is 0 Å². The molecule has 0 atom stereocenters. The zero-order valence-electron chi connectivity index (χ0n) is 22.9. The maximum Gasteiger partial charge on any atom is 0.0972 e. The maximum absolute atomic E-state index is 5.06. The number of hydrogen-bond donors (Lipinski definition) is 0. The van der Waals surface area contributed by atoms with Crippen LogP contribution in [0.1, 0.15) is 0 Å². The second-order valence-electron chi connectivity index (χ2n) is 10.6. The van der Waals surface area contributed by atoms with Gasteiger partial charge in [-0.25, -0.2) is 4.98 Å². The highest BCUT2D eigenvalue weighted by molar-refractivity contribution is 6.10. The Hall–Kier alpha value is -5.60. The van der Waals surface area contributed by atoms with Gasteiger partial charge in [-0.15, -0.1) is 0 Å². The Bertz CT molecular complexity index is 2230. The number of pyridine rings is 2. The highest BCUT2D eigenvalue weighted by Crippen LogP contribution is 2.37. The van der Waals surface area contributed by atoms with E-state index in [4.69, 9.17) is 9.97 Å². The van der Waals surface area contributed by atoms with Crippen molar-refractivity contribution in [1.29, 1.82) is 0 Å². The van der Waals surface area contributed by atoms with Crippen LogP contribution in [-0.2, 0) is 0 Å². The lowest BCUT2D eigenvalue weighted by atomic mass is 9.91. The van der Waals surface area contributed by atoms with Crippen molar-refractivity contribution in [2.75, 3.05) is 0 Å². The van der Waals surface area contributed by atoms with E-state index in [1.54, 1.807) is 0 Å². The highest BCUT2D eigenvalue weighted by Gasteiger charge is 2.13. The smallest absolute Gasteiger partial charge is 0.0972 e. The molecule has 0 N–H and O–H groups in total. The molecule has 0 saturated heterocycles. The van der Waals surface area contributed by atoms with E-state index >= 15 is 0 Å². The van der Waals surface area contributed by atoms with Gasteiger partial charge in [-0.1, -0.05) is 133 Å². The van der Waals surface area contributed by atoms with Gasteiger partial charge in [0.15, 0.2) is 0 Å². The number of benzene rings is 6. The highest BCUT2D eigenvalue weighted by atomic mass is 14.8. The summed E-state index contributed by atoms with van der Waals surface area (Å²) in [5.74, 6) is 0.